The third-order valence-corrected chi connectivity index (χ3v) is 4.07. The summed E-state index contributed by atoms with van der Waals surface area (Å²) in [4.78, 5) is 15.6. The molecule has 2 rings (SSSR count). The van der Waals surface area contributed by atoms with E-state index in [2.05, 4.69) is 21.9 Å². The largest absolute Gasteiger partial charge is 0.481 e. The van der Waals surface area contributed by atoms with Crippen molar-refractivity contribution in [2.45, 2.75) is 32.2 Å². The van der Waals surface area contributed by atoms with Crippen LogP contribution in [0.5, 0.6) is 0 Å². The number of hydrogen-bond acceptors (Lipinski definition) is 3. The highest BCUT2D eigenvalue weighted by atomic mass is 16.4. The van der Waals surface area contributed by atoms with Gasteiger partial charge in [-0.2, -0.15) is 0 Å². The van der Waals surface area contributed by atoms with E-state index in [1.807, 2.05) is 18.2 Å². The number of piperidine rings is 1. The van der Waals surface area contributed by atoms with Gasteiger partial charge in [-0.25, -0.2) is 0 Å². The molecule has 0 aliphatic carbocycles. The first-order valence-corrected chi connectivity index (χ1v) is 7.94. The Morgan fingerprint density at radius 1 is 1.10 bits per heavy atom. The molecule has 1 N–H and O–H groups in total. The average Bonchev–Trinajstić information content (AvgIpc) is 2.52. The van der Waals surface area contributed by atoms with E-state index in [0.717, 1.165) is 19.6 Å². The summed E-state index contributed by atoms with van der Waals surface area (Å²) in [6, 6.07) is 10.3. The lowest BCUT2D eigenvalue weighted by Crippen LogP contribution is -2.38. The Bertz CT molecular complexity index is 416. The third kappa shape index (κ3) is 6.27. The van der Waals surface area contributed by atoms with Crippen molar-refractivity contribution in [3.63, 3.8) is 0 Å². The van der Waals surface area contributed by atoms with Crippen molar-refractivity contribution in [2.24, 2.45) is 0 Å². The normalized spacial score (nSPS) is 16.2. The minimum Gasteiger partial charge on any atom is -0.481 e. The van der Waals surface area contributed by atoms with Crippen molar-refractivity contribution in [3.05, 3.63) is 35.9 Å². The molecule has 1 fully saturated rings. The maximum atomic E-state index is 10.8. The second-order valence-electron chi connectivity index (χ2n) is 5.81. The molecule has 116 valence electrons. The van der Waals surface area contributed by atoms with Gasteiger partial charge < -0.3 is 10.0 Å². The molecule has 1 aliphatic rings. The van der Waals surface area contributed by atoms with Crippen LogP contribution in [0.4, 0.5) is 0 Å². The summed E-state index contributed by atoms with van der Waals surface area (Å²) in [6.07, 6.45) is 4.16. The van der Waals surface area contributed by atoms with E-state index in [9.17, 15) is 4.79 Å². The summed E-state index contributed by atoms with van der Waals surface area (Å²) in [5.41, 5.74) is 1.25. The van der Waals surface area contributed by atoms with Crippen LogP contribution in [0, 0.1) is 0 Å². The molecule has 1 aromatic rings. The molecule has 0 bridgehead atoms. The molecule has 1 aliphatic heterocycles. The summed E-state index contributed by atoms with van der Waals surface area (Å²) in [5, 5.41) is 8.91. The first-order valence-electron chi connectivity index (χ1n) is 7.94. The zero-order valence-electron chi connectivity index (χ0n) is 12.7. The van der Waals surface area contributed by atoms with Gasteiger partial charge >= 0.3 is 5.97 Å². The van der Waals surface area contributed by atoms with Crippen LogP contribution in [0.2, 0.25) is 0 Å². The minimum absolute atomic E-state index is 0.215. The quantitative estimate of drug-likeness (QED) is 0.798. The summed E-state index contributed by atoms with van der Waals surface area (Å²) in [7, 11) is 0. The molecule has 0 aromatic heterocycles. The molecule has 0 unspecified atom stereocenters. The molecular weight excluding hydrogens is 264 g/mol. The van der Waals surface area contributed by atoms with Crippen LogP contribution in [-0.4, -0.2) is 53.6 Å². The number of benzene rings is 1. The first kappa shape index (κ1) is 16.0. The second kappa shape index (κ2) is 8.80. The van der Waals surface area contributed by atoms with Crippen LogP contribution in [0.1, 0.15) is 31.2 Å². The molecule has 4 heteroatoms. The number of likely N-dealkylation sites (tertiary alicyclic amines) is 1. The van der Waals surface area contributed by atoms with Crippen LogP contribution < -0.4 is 0 Å². The Morgan fingerprint density at radius 3 is 2.48 bits per heavy atom. The van der Waals surface area contributed by atoms with Gasteiger partial charge in [0.2, 0.25) is 0 Å². The van der Waals surface area contributed by atoms with Gasteiger partial charge in [-0.15, -0.1) is 0 Å². The number of carbonyl (C=O) groups is 1. The van der Waals surface area contributed by atoms with Gasteiger partial charge in [0.15, 0.2) is 0 Å². The van der Waals surface area contributed by atoms with Crippen molar-refractivity contribution >= 4 is 5.97 Å². The summed E-state index contributed by atoms with van der Waals surface area (Å²) >= 11 is 0. The molecule has 1 saturated heterocycles. The predicted octanol–water partition coefficient (Wildman–Crippen LogP) is 2.45. The molecule has 0 spiro atoms. The maximum absolute atomic E-state index is 10.8. The number of aliphatic carboxylic acids is 1. The fourth-order valence-corrected chi connectivity index (χ4v) is 2.83. The Kier molecular flexibility index (Phi) is 6.70. The van der Waals surface area contributed by atoms with Gasteiger partial charge in [0, 0.05) is 26.2 Å². The molecule has 0 saturated carbocycles. The Morgan fingerprint density at radius 2 is 1.81 bits per heavy atom. The zero-order valence-corrected chi connectivity index (χ0v) is 12.7. The Hall–Kier alpha value is -1.39. The average molecular weight is 290 g/mol. The lowest BCUT2D eigenvalue weighted by molar-refractivity contribution is -0.137. The van der Waals surface area contributed by atoms with Crippen LogP contribution in [-0.2, 0) is 11.3 Å². The topological polar surface area (TPSA) is 43.8 Å². The highest BCUT2D eigenvalue weighted by molar-refractivity contribution is 5.66. The van der Waals surface area contributed by atoms with Crippen molar-refractivity contribution in [3.8, 4) is 0 Å². The lowest BCUT2D eigenvalue weighted by Gasteiger charge is -2.30. The van der Waals surface area contributed by atoms with E-state index >= 15 is 0 Å². The summed E-state index contributed by atoms with van der Waals surface area (Å²) in [5.74, 6) is -0.717. The van der Waals surface area contributed by atoms with Gasteiger partial charge in [0.05, 0.1) is 6.42 Å². The Labute approximate surface area is 127 Å². The maximum Gasteiger partial charge on any atom is 0.304 e. The Balaban J connectivity index is 1.83. The van der Waals surface area contributed by atoms with E-state index in [0.29, 0.717) is 6.54 Å². The number of nitrogens with zero attached hydrogens (tertiary/aromatic N) is 2. The van der Waals surface area contributed by atoms with Crippen molar-refractivity contribution in [2.75, 3.05) is 32.7 Å². The minimum atomic E-state index is -0.717. The number of carboxylic acid groups (broad SMARTS) is 1. The lowest BCUT2D eigenvalue weighted by atomic mass is 10.1. The summed E-state index contributed by atoms with van der Waals surface area (Å²) < 4.78 is 0. The second-order valence-corrected chi connectivity index (χ2v) is 5.81. The van der Waals surface area contributed by atoms with Gasteiger partial charge in [0.1, 0.15) is 0 Å². The van der Waals surface area contributed by atoms with Gasteiger partial charge in [0.25, 0.3) is 0 Å². The van der Waals surface area contributed by atoms with E-state index in [4.69, 9.17) is 5.11 Å². The predicted molar refractivity (Wildman–Crippen MR) is 84.3 cm³/mol. The molecule has 1 aromatic carbocycles. The number of hydrogen-bond donors (Lipinski definition) is 1. The monoisotopic (exact) mass is 290 g/mol. The fourth-order valence-electron chi connectivity index (χ4n) is 2.83. The van der Waals surface area contributed by atoms with Crippen LogP contribution in [0.15, 0.2) is 30.3 Å². The van der Waals surface area contributed by atoms with Gasteiger partial charge in [-0.3, -0.25) is 9.69 Å². The van der Waals surface area contributed by atoms with E-state index in [-0.39, 0.29) is 6.42 Å². The zero-order chi connectivity index (χ0) is 14.9. The third-order valence-electron chi connectivity index (χ3n) is 4.07. The van der Waals surface area contributed by atoms with Crippen molar-refractivity contribution in [1.82, 2.24) is 9.80 Å². The standard InChI is InChI=1S/C17H26N2O2/c20-17(21)9-12-19(15-16-7-3-1-4-8-16)14-13-18-10-5-2-6-11-18/h1,3-4,7-8H,2,5-6,9-15H2,(H,20,21). The van der Waals surface area contributed by atoms with E-state index in [1.54, 1.807) is 0 Å². The fraction of sp³-hybridized carbons (Fsp3) is 0.588. The highest BCUT2D eigenvalue weighted by Gasteiger charge is 2.13. The van der Waals surface area contributed by atoms with E-state index in [1.165, 1.54) is 37.9 Å². The molecular formula is C17H26N2O2. The number of carboxylic acids is 1. The molecule has 0 radical (unpaired) electrons. The molecule has 0 atom stereocenters. The molecule has 21 heavy (non-hydrogen) atoms. The molecule has 1 heterocycles. The smallest absolute Gasteiger partial charge is 0.304 e. The molecule has 0 amide bonds. The number of rotatable bonds is 8. The van der Waals surface area contributed by atoms with E-state index < -0.39 is 5.97 Å². The van der Waals surface area contributed by atoms with Crippen molar-refractivity contribution < 1.29 is 9.90 Å². The van der Waals surface area contributed by atoms with Crippen LogP contribution in [0.25, 0.3) is 0 Å². The van der Waals surface area contributed by atoms with Gasteiger partial charge in [-0.1, -0.05) is 36.8 Å². The van der Waals surface area contributed by atoms with Gasteiger partial charge in [-0.05, 0) is 31.5 Å². The first-order chi connectivity index (χ1) is 10.2. The highest BCUT2D eigenvalue weighted by Crippen LogP contribution is 2.10. The van der Waals surface area contributed by atoms with Crippen LogP contribution in [0.3, 0.4) is 0 Å². The SMILES string of the molecule is O=C(O)CCN(CCN1CCCCC1)Cc1ccccc1. The molecule has 4 nitrogen and oxygen atoms in total. The van der Waals surface area contributed by atoms with Crippen molar-refractivity contribution in [1.29, 1.82) is 0 Å². The summed E-state index contributed by atoms with van der Waals surface area (Å²) in [6.45, 7) is 5.84. The van der Waals surface area contributed by atoms with Crippen LogP contribution >= 0.6 is 0 Å².